The molecule has 1 aromatic carbocycles. The summed E-state index contributed by atoms with van der Waals surface area (Å²) in [5, 5.41) is 10.7. The van der Waals surface area contributed by atoms with E-state index in [9.17, 15) is 5.11 Å². The third kappa shape index (κ3) is 2.92. The van der Waals surface area contributed by atoms with Crippen molar-refractivity contribution in [3.8, 4) is 11.3 Å². The summed E-state index contributed by atoms with van der Waals surface area (Å²) in [6.07, 6.45) is 3.03. The molecule has 1 aliphatic heterocycles. The largest absolute Gasteiger partial charge is 0.393 e. The predicted molar refractivity (Wildman–Crippen MR) is 92.8 cm³/mol. The molecule has 0 unspecified atom stereocenters. The van der Waals surface area contributed by atoms with Crippen LogP contribution < -0.4 is 4.90 Å². The fourth-order valence-corrected chi connectivity index (χ4v) is 3.78. The summed E-state index contributed by atoms with van der Waals surface area (Å²) in [6, 6.07) is 8.31. The molecule has 1 N–H and O–H groups in total. The van der Waals surface area contributed by atoms with Gasteiger partial charge in [-0.25, -0.2) is 15.0 Å². The lowest BCUT2D eigenvalue weighted by molar-refractivity contribution is 0.145. The van der Waals surface area contributed by atoms with Crippen LogP contribution in [0.5, 0.6) is 0 Å². The molecule has 0 saturated carbocycles. The Kier molecular flexibility index (Phi) is 3.71. The third-order valence-electron chi connectivity index (χ3n) is 4.23. The van der Waals surface area contributed by atoms with Crippen LogP contribution in [-0.4, -0.2) is 39.3 Å². The van der Waals surface area contributed by atoms with Crippen molar-refractivity contribution in [1.82, 2.24) is 15.0 Å². The number of nitrogens with zero attached hydrogens (tertiary/aromatic N) is 4. The summed E-state index contributed by atoms with van der Waals surface area (Å²) >= 11 is 1.71. The first-order chi connectivity index (χ1) is 11.2. The number of hydrogen-bond acceptors (Lipinski definition) is 6. The quantitative estimate of drug-likeness (QED) is 0.784. The van der Waals surface area contributed by atoms with Crippen LogP contribution >= 0.6 is 11.3 Å². The van der Waals surface area contributed by atoms with Crippen molar-refractivity contribution < 1.29 is 5.11 Å². The standard InChI is InChI=1S/C17H18N4OS/c1-11-20-15-8-12(2-3-16(15)23-11)14-9-17(19-10-18-14)21-6-4-13(22)5-7-21/h2-3,8-10,13,22H,4-7H2,1H3. The Balaban J connectivity index is 1.66. The molecule has 1 saturated heterocycles. The number of thiazole rings is 1. The van der Waals surface area contributed by atoms with Crippen LogP contribution in [0.1, 0.15) is 17.8 Å². The van der Waals surface area contributed by atoms with Crippen molar-refractivity contribution in [2.75, 3.05) is 18.0 Å². The summed E-state index contributed by atoms with van der Waals surface area (Å²) in [4.78, 5) is 15.6. The van der Waals surface area contributed by atoms with Gasteiger partial charge in [0.05, 0.1) is 27.0 Å². The lowest BCUT2D eigenvalue weighted by Crippen LogP contribution is -2.36. The average molecular weight is 326 g/mol. The summed E-state index contributed by atoms with van der Waals surface area (Å²) in [7, 11) is 0. The van der Waals surface area contributed by atoms with E-state index in [4.69, 9.17) is 0 Å². The van der Waals surface area contributed by atoms with Crippen LogP contribution in [0.4, 0.5) is 5.82 Å². The minimum atomic E-state index is -0.178. The van der Waals surface area contributed by atoms with Crippen LogP contribution in [-0.2, 0) is 0 Å². The van der Waals surface area contributed by atoms with Gasteiger partial charge in [0.2, 0.25) is 0 Å². The maximum Gasteiger partial charge on any atom is 0.132 e. The fraction of sp³-hybridized carbons (Fsp3) is 0.353. The topological polar surface area (TPSA) is 62.1 Å². The van der Waals surface area contributed by atoms with Gasteiger partial charge in [-0.15, -0.1) is 11.3 Å². The van der Waals surface area contributed by atoms with E-state index in [1.165, 1.54) is 4.70 Å². The number of benzene rings is 1. The summed E-state index contributed by atoms with van der Waals surface area (Å²) in [6.45, 7) is 3.70. The molecule has 118 valence electrons. The second-order valence-corrected chi connectivity index (χ2v) is 7.13. The highest BCUT2D eigenvalue weighted by Gasteiger charge is 2.18. The first kappa shape index (κ1) is 14.5. The van der Waals surface area contributed by atoms with E-state index in [0.717, 1.165) is 53.5 Å². The Bertz CT molecular complexity index is 839. The molecule has 0 radical (unpaired) electrons. The van der Waals surface area contributed by atoms with Gasteiger partial charge >= 0.3 is 0 Å². The van der Waals surface area contributed by atoms with Crippen LogP contribution in [0.15, 0.2) is 30.6 Å². The zero-order chi connectivity index (χ0) is 15.8. The van der Waals surface area contributed by atoms with Gasteiger partial charge in [0.25, 0.3) is 0 Å². The highest BCUT2D eigenvalue weighted by molar-refractivity contribution is 7.18. The molecule has 4 rings (SSSR count). The second kappa shape index (κ2) is 5.86. The number of hydrogen-bond donors (Lipinski definition) is 1. The average Bonchev–Trinajstić information content (AvgIpc) is 2.95. The van der Waals surface area contributed by atoms with Crippen LogP contribution in [0.2, 0.25) is 0 Å². The molecule has 0 atom stereocenters. The van der Waals surface area contributed by atoms with E-state index < -0.39 is 0 Å². The zero-order valence-corrected chi connectivity index (χ0v) is 13.8. The van der Waals surface area contributed by atoms with Crippen molar-refractivity contribution in [1.29, 1.82) is 0 Å². The van der Waals surface area contributed by atoms with Crippen LogP contribution in [0.25, 0.3) is 21.5 Å². The lowest BCUT2D eigenvalue weighted by atomic mass is 10.1. The Morgan fingerprint density at radius 3 is 2.83 bits per heavy atom. The first-order valence-electron chi connectivity index (χ1n) is 7.82. The van der Waals surface area contributed by atoms with Crippen molar-refractivity contribution in [2.24, 2.45) is 0 Å². The molecule has 23 heavy (non-hydrogen) atoms. The van der Waals surface area contributed by atoms with E-state index >= 15 is 0 Å². The number of anilines is 1. The Hall–Kier alpha value is -2.05. The third-order valence-corrected chi connectivity index (χ3v) is 5.18. The molecular formula is C17H18N4OS. The summed E-state index contributed by atoms with van der Waals surface area (Å²) < 4.78 is 1.20. The first-order valence-corrected chi connectivity index (χ1v) is 8.63. The van der Waals surface area contributed by atoms with Gasteiger partial charge in [-0.05, 0) is 31.9 Å². The van der Waals surface area contributed by atoms with E-state index in [1.807, 2.05) is 13.0 Å². The predicted octanol–water partition coefficient (Wildman–Crippen LogP) is 3.02. The number of aromatic nitrogens is 3. The van der Waals surface area contributed by atoms with Crippen molar-refractivity contribution >= 4 is 27.4 Å². The fourth-order valence-electron chi connectivity index (χ4n) is 2.97. The van der Waals surface area contributed by atoms with Crippen molar-refractivity contribution in [3.05, 3.63) is 35.6 Å². The molecule has 3 aromatic rings. The van der Waals surface area contributed by atoms with Crippen LogP contribution in [0.3, 0.4) is 0 Å². The molecule has 0 spiro atoms. The minimum absolute atomic E-state index is 0.178. The minimum Gasteiger partial charge on any atom is -0.393 e. The molecule has 5 nitrogen and oxygen atoms in total. The second-order valence-electron chi connectivity index (χ2n) is 5.90. The highest BCUT2D eigenvalue weighted by Crippen LogP contribution is 2.28. The number of fused-ring (bicyclic) bond motifs is 1. The SMILES string of the molecule is Cc1nc2cc(-c3cc(N4CCC(O)CC4)ncn3)ccc2s1. The van der Waals surface area contributed by atoms with E-state index in [1.54, 1.807) is 17.7 Å². The van der Waals surface area contributed by atoms with Gasteiger partial charge in [0, 0.05) is 24.7 Å². The number of rotatable bonds is 2. The van der Waals surface area contributed by atoms with Crippen molar-refractivity contribution in [2.45, 2.75) is 25.9 Å². The van der Waals surface area contributed by atoms with Gasteiger partial charge in [-0.3, -0.25) is 0 Å². The maximum absolute atomic E-state index is 9.64. The number of aliphatic hydroxyl groups is 1. The Morgan fingerprint density at radius 2 is 2.00 bits per heavy atom. The smallest absolute Gasteiger partial charge is 0.132 e. The van der Waals surface area contributed by atoms with Crippen LogP contribution in [0, 0.1) is 6.92 Å². The lowest BCUT2D eigenvalue weighted by Gasteiger charge is -2.30. The molecule has 2 aromatic heterocycles. The highest BCUT2D eigenvalue weighted by atomic mass is 32.1. The molecule has 3 heterocycles. The normalized spacial score (nSPS) is 16.2. The van der Waals surface area contributed by atoms with E-state index in [0.29, 0.717) is 0 Å². The zero-order valence-electron chi connectivity index (χ0n) is 12.9. The molecule has 1 fully saturated rings. The van der Waals surface area contributed by atoms with Gasteiger partial charge in [-0.2, -0.15) is 0 Å². The molecule has 6 heteroatoms. The molecular weight excluding hydrogens is 308 g/mol. The van der Waals surface area contributed by atoms with E-state index in [-0.39, 0.29) is 6.10 Å². The van der Waals surface area contributed by atoms with Gasteiger partial charge in [0.1, 0.15) is 12.1 Å². The summed E-state index contributed by atoms with van der Waals surface area (Å²) in [5.41, 5.74) is 2.99. The van der Waals surface area contributed by atoms with Gasteiger partial charge < -0.3 is 10.0 Å². The van der Waals surface area contributed by atoms with E-state index in [2.05, 4.69) is 38.1 Å². The number of aliphatic hydroxyl groups excluding tert-OH is 1. The Morgan fingerprint density at radius 1 is 1.17 bits per heavy atom. The maximum atomic E-state index is 9.64. The molecule has 1 aliphatic rings. The van der Waals surface area contributed by atoms with Crippen molar-refractivity contribution in [3.63, 3.8) is 0 Å². The molecule has 0 bridgehead atoms. The summed E-state index contributed by atoms with van der Waals surface area (Å²) in [5.74, 6) is 0.927. The van der Waals surface area contributed by atoms with Gasteiger partial charge in [-0.1, -0.05) is 6.07 Å². The number of piperidine rings is 1. The molecule has 0 amide bonds. The monoisotopic (exact) mass is 326 g/mol. The number of aryl methyl sites for hydroxylation is 1. The Labute approximate surface area is 138 Å². The van der Waals surface area contributed by atoms with Gasteiger partial charge in [0.15, 0.2) is 0 Å². The molecule has 0 aliphatic carbocycles.